The minimum Gasteiger partial charge on any atom is -0.339 e. The molecule has 1 saturated heterocycles. The number of nitrogens with zero attached hydrogens (tertiary/aromatic N) is 4. The SMILES string of the molecule is CN1CCC(N(C)C(=O)c2ccc(C3C(=O)Nc4ccc([N+](=O)[O-])cc43)nc2)CC1.Cl. The topological polar surface area (TPSA) is 109 Å². The summed E-state index contributed by atoms with van der Waals surface area (Å²) in [6.45, 7) is 1.92. The van der Waals surface area contributed by atoms with Crippen LogP contribution in [0.1, 0.15) is 40.4 Å². The first-order valence-corrected chi connectivity index (χ1v) is 9.86. The van der Waals surface area contributed by atoms with Gasteiger partial charge < -0.3 is 15.1 Å². The number of nitrogens with one attached hydrogen (secondary N) is 1. The fourth-order valence-corrected chi connectivity index (χ4v) is 4.11. The normalized spacial score (nSPS) is 18.6. The van der Waals surface area contributed by atoms with Crippen LogP contribution >= 0.6 is 12.4 Å². The molecular weight excluding hydrogens is 422 g/mol. The smallest absolute Gasteiger partial charge is 0.269 e. The standard InChI is InChI=1S/C21H23N5O4.ClH/c1-24-9-7-14(8-10-24)25(2)21(28)13-3-5-18(22-12-13)19-16-11-15(26(29)30)4-6-17(16)23-20(19)27;/h3-6,11-12,14,19H,7-10H2,1-2H3,(H,23,27);1H. The number of hydrogen-bond donors (Lipinski definition) is 1. The minimum absolute atomic E-state index is 0. The maximum absolute atomic E-state index is 12.9. The third-order valence-corrected chi connectivity index (χ3v) is 5.96. The average molecular weight is 446 g/mol. The molecule has 2 aliphatic heterocycles. The number of carbonyl (C=O) groups is 2. The maximum atomic E-state index is 12.9. The molecule has 1 unspecified atom stereocenters. The molecule has 2 aliphatic rings. The Morgan fingerprint density at radius 2 is 1.97 bits per heavy atom. The molecule has 2 amide bonds. The summed E-state index contributed by atoms with van der Waals surface area (Å²) in [5.41, 5.74) is 1.88. The van der Waals surface area contributed by atoms with Gasteiger partial charge in [0, 0.05) is 42.7 Å². The predicted octanol–water partition coefficient (Wildman–Crippen LogP) is 2.66. The molecule has 0 aliphatic carbocycles. The number of amides is 2. The first-order chi connectivity index (χ1) is 14.3. The van der Waals surface area contributed by atoms with Gasteiger partial charge in [-0.3, -0.25) is 24.7 Å². The monoisotopic (exact) mass is 445 g/mol. The Morgan fingerprint density at radius 1 is 1.26 bits per heavy atom. The highest BCUT2D eigenvalue weighted by Gasteiger charge is 2.34. The van der Waals surface area contributed by atoms with Gasteiger partial charge in [-0.25, -0.2) is 0 Å². The van der Waals surface area contributed by atoms with E-state index >= 15 is 0 Å². The summed E-state index contributed by atoms with van der Waals surface area (Å²) in [6, 6.07) is 7.79. The summed E-state index contributed by atoms with van der Waals surface area (Å²) < 4.78 is 0. The number of hydrogen-bond acceptors (Lipinski definition) is 6. The van der Waals surface area contributed by atoms with Gasteiger partial charge in [0.25, 0.3) is 11.6 Å². The lowest BCUT2D eigenvalue weighted by Crippen LogP contribution is -2.44. The van der Waals surface area contributed by atoms with Crippen LogP contribution in [0.15, 0.2) is 36.5 Å². The second kappa shape index (κ2) is 8.99. The first kappa shape index (κ1) is 22.6. The minimum atomic E-state index is -0.740. The lowest BCUT2D eigenvalue weighted by Gasteiger charge is -2.35. The number of piperidine rings is 1. The van der Waals surface area contributed by atoms with Gasteiger partial charge in [-0.05, 0) is 51.2 Å². The van der Waals surface area contributed by atoms with E-state index in [1.807, 2.05) is 7.05 Å². The number of non-ortho nitro benzene ring substituents is 1. The molecule has 4 rings (SSSR count). The van der Waals surface area contributed by atoms with Crippen molar-refractivity contribution in [2.45, 2.75) is 24.8 Å². The van der Waals surface area contributed by atoms with Crippen LogP contribution in [0.3, 0.4) is 0 Å². The van der Waals surface area contributed by atoms with Gasteiger partial charge in [-0.2, -0.15) is 0 Å². The molecule has 1 aromatic heterocycles. The van der Waals surface area contributed by atoms with E-state index in [9.17, 15) is 19.7 Å². The highest BCUT2D eigenvalue weighted by atomic mass is 35.5. The summed E-state index contributed by atoms with van der Waals surface area (Å²) in [5.74, 6) is -1.13. The van der Waals surface area contributed by atoms with E-state index in [1.165, 1.54) is 24.4 Å². The number of aromatic nitrogens is 1. The number of fused-ring (bicyclic) bond motifs is 1. The number of nitro benzene ring substituents is 1. The van der Waals surface area contributed by atoms with Crippen LogP contribution in [0.5, 0.6) is 0 Å². The van der Waals surface area contributed by atoms with Crippen LogP contribution < -0.4 is 5.32 Å². The molecule has 0 saturated carbocycles. The van der Waals surface area contributed by atoms with Gasteiger partial charge in [0.2, 0.25) is 5.91 Å². The van der Waals surface area contributed by atoms with Crippen LogP contribution in [0.25, 0.3) is 0 Å². The summed E-state index contributed by atoms with van der Waals surface area (Å²) in [7, 11) is 3.89. The molecule has 31 heavy (non-hydrogen) atoms. The van der Waals surface area contributed by atoms with Gasteiger partial charge in [0.15, 0.2) is 0 Å². The zero-order valence-electron chi connectivity index (χ0n) is 17.3. The molecule has 9 nitrogen and oxygen atoms in total. The molecule has 2 aromatic rings. The number of pyridine rings is 1. The summed E-state index contributed by atoms with van der Waals surface area (Å²) in [6.07, 6.45) is 3.34. The van der Waals surface area contributed by atoms with E-state index in [-0.39, 0.29) is 36.0 Å². The quantitative estimate of drug-likeness (QED) is 0.572. The van der Waals surface area contributed by atoms with Crippen LogP contribution in [0.2, 0.25) is 0 Å². The van der Waals surface area contributed by atoms with Crippen LogP contribution in [0.4, 0.5) is 11.4 Å². The first-order valence-electron chi connectivity index (χ1n) is 9.86. The van der Waals surface area contributed by atoms with Gasteiger partial charge in [0.1, 0.15) is 5.92 Å². The number of benzene rings is 1. The summed E-state index contributed by atoms with van der Waals surface area (Å²) >= 11 is 0. The number of likely N-dealkylation sites (tertiary alicyclic amines) is 1. The van der Waals surface area contributed by atoms with Crippen molar-refractivity contribution in [2.75, 3.05) is 32.5 Å². The van der Waals surface area contributed by atoms with Crippen LogP contribution in [-0.4, -0.2) is 64.7 Å². The third kappa shape index (κ3) is 4.38. The van der Waals surface area contributed by atoms with Crippen molar-refractivity contribution < 1.29 is 14.5 Å². The Kier molecular flexibility index (Phi) is 6.56. The molecule has 0 bridgehead atoms. The maximum Gasteiger partial charge on any atom is 0.269 e. The average Bonchev–Trinajstić information content (AvgIpc) is 3.08. The molecule has 1 aromatic carbocycles. The molecule has 1 N–H and O–H groups in total. The Bertz CT molecular complexity index is 1010. The number of halogens is 1. The Hall–Kier alpha value is -3.04. The van der Waals surface area contributed by atoms with Crippen molar-refractivity contribution in [3.63, 3.8) is 0 Å². The van der Waals surface area contributed by atoms with Gasteiger partial charge >= 0.3 is 0 Å². The van der Waals surface area contributed by atoms with Crippen molar-refractivity contribution in [1.82, 2.24) is 14.8 Å². The van der Waals surface area contributed by atoms with Crippen molar-refractivity contribution in [3.05, 3.63) is 63.5 Å². The predicted molar refractivity (Wildman–Crippen MR) is 118 cm³/mol. The fourth-order valence-electron chi connectivity index (χ4n) is 4.11. The summed E-state index contributed by atoms with van der Waals surface area (Å²) in [5, 5.41) is 13.8. The van der Waals surface area contributed by atoms with Gasteiger partial charge in [0.05, 0.1) is 16.2 Å². The molecule has 0 spiro atoms. The Balaban J connectivity index is 0.00000272. The van der Waals surface area contributed by atoms with Crippen molar-refractivity contribution in [1.29, 1.82) is 0 Å². The highest BCUT2D eigenvalue weighted by Crippen LogP contribution is 2.38. The molecule has 0 radical (unpaired) electrons. The Labute approximate surface area is 186 Å². The molecular formula is C21H24ClN5O4. The highest BCUT2D eigenvalue weighted by molar-refractivity contribution is 6.05. The van der Waals surface area contributed by atoms with E-state index in [2.05, 4.69) is 22.2 Å². The van der Waals surface area contributed by atoms with E-state index in [1.54, 1.807) is 17.0 Å². The lowest BCUT2D eigenvalue weighted by atomic mass is 9.95. The third-order valence-electron chi connectivity index (χ3n) is 5.96. The fraction of sp³-hybridized carbons (Fsp3) is 0.381. The van der Waals surface area contributed by atoms with Crippen molar-refractivity contribution in [2.24, 2.45) is 0 Å². The molecule has 164 valence electrons. The zero-order chi connectivity index (χ0) is 21.4. The van der Waals surface area contributed by atoms with E-state index in [0.717, 1.165) is 25.9 Å². The Morgan fingerprint density at radius 3 is 2.58 bits per heavy atom. The number of anilines is 1. The zero-order valence-corrected chi connectivity index (χ0v) is 18.1. The lowest BCUT2D eigenvalue weighted by molar-refractivity contribution is -0.384. The van der Waals surface area contributed by atoms with Crippen LogP contribution in [-0.2, 0) is 4.79 Å². The van der Waals surface area contributed by atoms with E-state index < -0.39 is 10.8 Å². The number of rotatable bonds is 4. The molecule has 1 atom stereocenters. The van der Waals surface area contributed by atoms with E-state index in [4.69, 9.17) is 0 Å². The second-order valence-electron chi connectivity index (χ2n) is 7.87. The second-order valence-corrected chi connectivity index (χ2v) is 7.87. The van der Waals surface area contributed by atoms with Gasteiger partial charge in [-0.15, -0.1) is 12.4 Å². The van der Waals surface area contributed by atoms with Crippen molar-refractivity contribution in [3.8, 4) is 0 Å². The van der Waals surface area contributed by atoms with E-state index in [0.29, 0.717) is 22.5 Å². The number of carbonyl (C=O) groups excluding carboxylic acids is 2. The molecule has 10 heteroatoms. The largest absolute Gasteiger partial charge is 0.339 e. The molecule has 3 heterocycles. The number of nitro groups is 1. The molecule has 1 fully saturated rings. The van der Waals surface area contributed by atoms with Gasteiger partial charge in [-0.1, -0.05) is 0 Å². The van der Waals surface area contributed by atoms with Crippen LogP contribution in [0, 0.1) is 10.1 Å². The van der Waals surface area contributed by atoms with Crippen molar-refractivity contribution >= 4 is 35.6 Å². The summed E-state index contributed by atoms with van der Waals surface area (Å²) in [4.78, 5) is 44.3.